The molecule has 1 heterocycles. The molecule has 0 radical (unpaired) electrons. The molecule has 0 aliphatic rings. The lowest BCUT2D eigenvalue weighted by Crippen LogP contribution is -2.36. The predicted octanol–water partition coefficient (Wildman–Crippen LogP) is 0.690. The lowest BCUT2D eigenvalue weighted by molar-refractivity contribution is -0.755. The largest absolute Gasteiger partial charge is 0.741 e. The maximum absolute atomic E-state index is 10.7. The quantitative estimate of drug-likeness (QED) is 0.288. The van der Waals surface area contributed by atoms with Crippen LogP contribution in [0.25, 0.3) is 0 Å². The molecule has 0 saturated heterocycles. The van der Waals surface area contributed by atoms with Gasteiger partial charge in [0.2, 0.25) is 0 Å². The molecule has 1 aromatic heterocycles. The Labute approximate surface area is 143 Å². The van der Waals surface area contributed by atoms with E-state index in [2.05, 4.69) is 12.1 Å². The molecule has 0 bridgehead atoms. The van der Waals surface area contributed by atoms with Gasteiger partial charge >= 0.3 is 5.51 Å². The van der Waals surface area contributed by atoms with E-state index in [0.717, 1.165) is 19.4 Å². The van der Waals surface area contributed by atoms with E-state index in [0.29, 0.717) is 19.4 Å². The Hall–Kier alpha value is -1.25. The first kappa shape index (κ1) is 23.8. The van der Waals surface area contributed by atoms with Crippen molar-refractivity contribution in [3.8, 4) is 0 Å². The Kier molecular flexibility index (Phi) is 9.53. The molecule has 0 amide bonds. The Morgan fingerprint density at radius 3 is 2.20 bits per heavy atom. The number of nitrogens with zero attached hydrogens (tertiary/aromatic N) is 3. The summed E-state index contributed by atoms with van der Waals surface area (Å²) in [6.07, 6.45) is 7.17. The molecule has 1 N–H and O–H groups in total. The Bertz CT molecular complexity index is 716. The maximum atomic E-state index is 10.7. The molecule has 0 aliphatic heterocycles. The summed E-state index contributed by atoms with van der Waals surface area (Å²) in [5.41, 5.74) is -5.65. The summed E-state index contributed by atoms with van der Waals surface area (Å²) < 4.78 is 92.1. The highest BCUT2D eigenvalue weighted by molar-refractivity contribution is 7.86. The molecule has 0 aromatic carbocycles. The van der Waals surface area contributed by atoms with E-state index in [1.54, 1.807) is 4.68 Å². The number of alkyl halides is 3. The smallest absolute Gasteiger partial charge is 0.485 e. The van der Waals surface area contributed by atoms with E-state index in [4.69, 9.17) is 17.5 Å². The van der Waals surface area contributed by atoms with Gasteiger partial charge in [0.15, 0.2) is 22.5 Å². The molecular weight excluding hydrogens is 391 g/mol. The predicted molar refractivity (Wildman–Crippen MR) is 78.7 cm³/mol. The van der Waals surface area contributed by atoms with E-state index in [9.17, 15) is 21.6 Å². The van der Waals surface area contributed by atoms with Crippen LogP contribution in [0.2, 0.25) is 0 Å². The van der Waals surface area contributed by atoms with E-state index in [-0.39, 0.29) is 5.75 Å². The molecule has 0 spiro atoms. The van der Waals surface area contributed by atoms with Crippen molar-refractivity contribution < 1.29 is 43.8 Å². The summed E-state index contributed by atoms with van der Waals surface area (Å²) in [5.74, 6) is -0.176. The summed E-state index contributed by atoms with van der Waals surface area (Å²) in [6.45, 7) is 3.72. The third kappa shape index (κ3) is 11.9. The van der Waals surface area contributed by atoms with Crippen LogP contribution in [-0.2, 0) is 33.3 Å². The number of unbranched alkanes of at least 4 members (excludes halogenated alkanes) is 2. The second kappa shape index (κ2) is 10.0. The van der Waals surface area contributed by atoms with Crippen LogP contribution >= 0.6 is 0 Å². The first-order valence-corrected chi connectivity index (χ1v) is 10.2. The van der Waals surface area contributed by atoms with Crippen molar-refractivity contribution in [2.45, 2.75) is 51.2 Å². The van der Waals surface area contributed by atoms with Crippen molar-refractivity contribution in [1.82, 2.24) is 9.90 Å². The van der Waals surface area contributed by atoms with E-state index < -0.39 is 25.7 Å². The average Bonchev–Trinajstić information content (AvgIpc) is 2.87. The molecule has 0 fully saturated rings. The lowest BCUT2D eigenvalue weighted by atomic mass is 10.3. The minimum Gasteiger partial charge on any atom is -0.741 e. The molecule has 1 rings (SSSR count). The standard InChI is InChI=1S/C10H19N3O3S.CHF3O3S/c1-2-3-6-12-8-9-13(11-12)7-4-5-10-17(14,15)16;2-1(3,4)8(5,6)7/h8-9H,2-7,10H2,1H3;(H,5,6,7). The minimum absolute atomic E-state index is 0.176. The van der Waals surface area contributed by atoms with Crippen molar-refractivity contribution >= 4 is 20.2 Å². The van der Waals surface area contributed by atoms with Gasteiger partial charge < -0.3 is 4.55 Å². The fourth-order valence-corrected chi connectivity index (χ4v) is 2.05. The molecule has 25 heavy (non-hydrogen) atoms. The van der Waals surface area contributed by atoms with Crippen LogP contribution in [0.5, 0.6) is 0 Å². The second-order valence-electron chi connectivity index (χ2n) is 4.96. The van der Waals surface area contributed by atoms with Crippen molar-refractivity contribution in [3.05, 3.63) is 12.4 Å². The molecule has 0 atom stereocenters. The normalized spacial score (nSPS) is 12.6. The molecule has 14 heteroatoms. The topological polar surface area (TPSA) is 133 Å². The fraction of sp³-hybridized carbons (Fsp3) is 0.818. The van der Waals surface area contributed by atoms with Gasteiger partial charge in [-0.05, 0) is 19.3 Å². The van der Waals surface area contributed by atoms with Crippen LogP contribution in [0.3, 0.4) is 0 Å². The third-order valence-electron chi connectivity index (χ3n) is 2.70. The van der Waals surface area contributed by atoms with Crippen LogP contribution < -0.4 is 4.68 Å². The van der Waals surface area contributed by atoms with Gasteiger partial charge in [-0.15, -0.1) is 9.36 Å². The van der Waals surface area contributed by atoms with Crippen molar-refractivity contribution in [2.75, 3.05) is 5.75 Å². The van der Waals surface area contributed by atoms with Crippen LogP contribution in [0.4, 0.5) is 13.2 Å². The summed E-state index contributed by atoms with van der Waals surface area (Å²) in [7, 11) is -9.91. The third-order valence-corrected chi connectivity index (χ3v) is 4.08. The molecule has 1 aromatic rings. The average molecular weight is 411 g/mol. The molecule has 0 saturated carbocycles. The zero-order chi connectivity index (χ0) is 19.7. The van der Waals surface area contributed by atoms with Crippen LogP contribution in [0, 0.1) is 0 Å². The van der Waals surface area contributed by atoms with Gasteiger partial charge in [-0.3, -0.25) is 4.55 Å². The Morgan fingerprint density at radius 2 is 1.76 bits per heavy atom. The maximum Gasteiger partial charge on any atom is 0.485 e. The van der Waals surface area contributed by atoms with E-state index >= 15 is 0 Å². The molecule has 0 aliphatic carbocycles. The van der Waals surface area contributed by atoms with Crippen LogP contribution in [-0.4, -0.2) is 47.1 Å². The Morgan fingerprint density at radius 1 is 1.20 bits per heavy atom. The summed E-state index contributed by atoms with van der Waals surface area (Å²) >= 11 is 0. The van der Waals surface area contributed by atoms with Crippen molar-refractivity contribution in [1.29, 1.82) is 0 Å². The van der Waals surface area contributed by atoms with Gasteiger partial charge in [0.25, 0.3) is 10.1 Å². The van der Waals surface area contributed by atoms with Crippen LogP contribution in [0.1, 0.15) is 32.6 Å². The van der Waals surface area contributed by atoms with Gasteiger partial charge in [-0.1, -0.05) is 13.3 Å². The zero-order valence-corrected chi connectivity index (χ0v) is 15.0. The van der Waals surface area contributed by atoms with Crippen molar-refractivity contribution in [2.24, 2.45) is 0 Å². The van der Waals surface area contributed by atoms with Gasteiger partial charge in [-0.25, -0.2) is 8.42 Å². The lowest BCUT2D eigenvalue weighted by Gasteiger charge is -2.08. The number of hydrogen-bond donors (Lipinski definition) is 1. The van der Waals surface area contributed by atoms with Gasteiger partial charge in [0.1, 0.15) is 13.1 Å². The highest BCUT2D eigenvalue weighted by Crippen LogP contribution is 2.20. The summed E-state index contributed by atoms with van der Waals surface area (Å²) in [6, 6.07) is 0. The number of aromatic nitrogens is 3. The first-order valence-electron chi connectivity index (χ1n) is 7.16. The number of aryl methyl sites for hydroxylation is 2. The molecule has 148 valence electrons. The van der Waals surface area contributed by atoms with Gasteiger partial charge in [0, 0.05) is 0 Å². The van der Waals surface area contributed by atoms with Gasteiger partial charge in [-0.2, -0.15) is 21.6 Å². The van der Waals surface area contributed by atoms with E-state index in [1.807, 2.05) is 17.1 Å². The van der Waals surface area contributed by atoms with Gasteiger partial charge in [0.05, 0.1) is 11.0 Å². The minimum atomic E-state index is -6.09. The number of hydrogen-bond acceptors (Lipinski definition) is 6. The summed E-state index contributed by atoms with van der Waals surface area (Å²) in [5, 5.41) is 4.30. The molecular formula is C11H20F3N3O6S2. The fourth-order valence-electron chi connectivity index (χ4n) is 1.48. The monoisotopic (exact) mass is 411 g/mol. The molecule has 0 unspecified atom stereocenters. The SMILES string of the molecule is CCCCn1cc[n+](CCCCS(=O)(=O)O)n1.O=S(=O)([O-])C(F)(F)F. The second-order valence-corrected chi connectivity index (χ2v) is 7.90. The van der Waals surface area contributed by atoms with E-state index in [1.165, 1.54) is 0 Å². The highest BCUT2D eigenvalue weighted by Gasteiger charge is 2.36. The first-order chi connectivity index (χ1) is 11.3. The summed E-state index contributed by atoms with van der Waals surface area (Å²) in [4.78, 5) is 0. The highest BCUT2D eigenvalue weighted by atomic mass is 32.2. The Balaban J connectivity index is 0.000000609. The zero-order valence-electron chi connectivity index (χ0n) is 13.4. The number of halogens is 3. The van der Waals surface area contributed by atoms with Crippen molar-refractivity contribution in [3.63, 3.8) is 0 Å². The number of rotatable bonds is 8. The van der Waals surface area contributed by atoms with Crippen LogP contribution in [0.15, 0.2) is 12.4 Å². The molecule has 9 nitrogen and oxygen atoms in total.